The Morgan fingerprint density at radius 2 is 1.58 bits per heavy atom. The van der Waals surface area contributed by atoms with Crippen LogP contribution in [0.3, 0.4) is 0 Å². The SMILES string of the molecule is Cc1cccc(C(=O)N2CCN(CC(=O)c3ccc(C)cc3C)CC2)c1. The number of carbonyl (C=O) groups is 2. The van der Waals surface area contributed by atoms with Crippen molar-refractivity contribution in [3.8, 4) is 0 Å². The molecule has 0 saturated carbocycles. The summed E-state index contributed by atoms with van der Waals surface area (Å²) in [6.45, 7) is 9.20. The standard InChI is InChI=1S/C22H26N2O2/c1-16-5-4-6-19(14-16)22(26)24-11-9-23(10-12-24)15-21(25)20-8-7-17(2)13-18(20)3/h4-8,13-14H,9-12,15H2,1-3H3. The average Bonchev–Trinajstić information content (AvgIpc) is 2.61. The molecule has 3 rings (SSSR count). The maximum absolute atomic E-state index is 12.6. The number of rotatable bonds is 4. The van der Waals surface area contributed by atoms with Crippen LogP contribution in [-0.2, 0) is 0 Å². The number of Topliss-reactive ketones (excluding diaryl/α,β-unsaturated/α-hetero) is 1. The average molecular weight is 350 g/mol. The number of ketones is 1. The number of benzene rings is 2. The monoisotopic (exact) mass is 350 g/mol. The van der Waals surface area contributed by atoms with Gasteiger partial charge in [0.2, 0.25) is 0 Å². The summed E-state index contributed by atoms with van der Waals surface area (Å²) in [6, 6.07) is 13.7. The van der Waals surface area contributed by atoms with E-state index in [-0.39, 0.29) is 11.7 Å². The van der Waals surface area contributed by atoms with Gasteiger partial charge in [0.05, 0.1) is 6.54 Å². The van der Waals surface area contributed by atoms with E-state index in [1.165, 1.54) is 5.56 Å². The van der Waals surface area contributed by atoms with Gasteiger partial charge in [-0.2, -0.15) is 0 Å². The Labute approximate surface area is 155 Å². The van der Waals surface area contributed by atoms with E-state index in [4.69, 9.17) is 0 Å². The number of nitrogens with zero attached hydrogens (tertiary/aromatic N) is 2. The fourth-order valence-corrected chi connectivity index (χ4v) is 3.48. The molecule has 136 valence electrons. The minimum atomic E-state index is 0.0778. The predicted octanol–water partition coefficient (Wildman–Crippen LogP) is 3.25. The van der Waals surface area contributed by atoms with Crippen molar-refractivity contribution in [1.29, 1.82) is 0 Å². The summed E-state index contributed by atoms with van der Waals surface area (Å²) in [4.78, 5) is 29.2. The molecule has 1 aliphatic heterocycles. The Bertz CT molecular complexity index is 821. The van der Waals surface area contributed by atoms with E-state index >= 15 is 0 Å². The van der Waals surface area contributed by atoms with Gasteiger partial charge in [0.15, 0.2) is 5.78 Å². The molecule has 0 atom stereocenters. The van der Waals surface area contributed by atoms with Crippen LogP contribution in [0.2, 0.25) is 0 Å². The van der Waals surface area contributed by atoms with Gasteiger partial charge >= 0.3 is 0 Å². The highest BCUT2D eigenvalue weighted by atomic mass is 16.2. The van der Waals surface area contributed by atoms with Gasteiger partial charge in [0, 0.05) is 37.3 Å². The van der Waals surface area contributed by atoms with Crippen LogP contribution < -0.4 is 0 Å². The van der Waals surface area contributed by atoms with Gasteiger partial charge in [-0.25, -0.2) is 0 Å². The lowest BCUT2D eigenvalue weighted by Crippen LogP contribution is -2.49. The van der Waals surface area contributed by atoms with Gasteiger partial charge in [0.25, 0.3) is 5.91 Å². The zero-order valence-electron chi connectivity index (χ0n) is 15.8. The van der Waals surface area contributed by atoms with Gasteiger partial charge in [-0.1, -0.05) is 41.5 Å². The molecule has 0 N–H and O–H groups in total. The fraction of sp³-hybridized carbons (Fsp3) is 0.364. The molecular formula is C22H26N2O2. The molecule has 4 heteroatoms. The number of aryl methyl sites for hydroxylation is 3. The molecule has 0 unspecified atom stereocenters. The first-order valence-corrected chi connectivity index (χ1v) is 9.13. The highest BCUT2D eigenvalue weighted by Crippen LogP contribution is 2.14. The van der Waals surface area contributed by atoms with Gasteiger partial charge in [-0.15, -0.1) is 0 Å². The smallest absolute Gasteiger partial charge is 0.253 e. The van der Waals surface area contributed by atoms with Crippen molar-refractivity contribution in [1.82, 2.24) is 9.80 Å². The lowest BCUT2D eigenvalue weighted by atomic mass is 10.0. The number of hydrogen-bond acceptors (Lipinski definition) is 3. The second kappa shape index (κ2) is 7.83. The molecular weight excluding hydrogens is 324 g/mol. The van der Waals surface area contributed by atoms with Crippen LogP contribution in [0.4, 0.5) is 0 Å². The maximum Gasteiger partial charge on any atom is 0.253 e. The largest absolute Gasteiger partial charge is 0.336 e. The van der Waals surface area contributed by atoms with Crippen molar-refractivity contribution in [2.75, 3.05) is 32.7 Å². The van der Waals surface area contributed by atoms with Crippen LogP contribution in [0.5, 0.6) is 0 Å². The van der Waals surface area contributed by atoms with Crippen molar-refractivity contribution < 1.29 is 9.59 Å². The highest BCUT2D eigenvalue weighted by Gasteiger charge is 2.24. The molecule has 0 bridgehead atoms. The fourth-order valence-electron chi connectivity index (χ4n) is 3.48. The van der Waals surface area contributed by atoms with E-state index in [2.05, 4.69) is 4.90 Å². The Morgan fingerprint density at radius 1 is 0.885 bits per heavy atom. The summed E-state index contributed by atoms with van der Waals surface area (Å²) < 4.78 is 0. The third-order valence-electron chi connectivity index (χ3n) is 4.97. The molecule has 1 saturated heterocycles. The quantitative estimate of drug-likeness (QED) is 0.795. The Hall–Kier alpha value is -2.46. The zero-order chi connectivity index (χ0) is 18.7. The molecule has 0 spiro atoms. The Balaban J connectivity index is 1.57. The topological polar surface area (TPSA) is 40.6 Å². The predicted molar refractivity (Wildman–Crippen MR) is 104 cm³/mol. The number of carbonyl (C=O) groups excluding carboxylic acids is 2. The summed E-state index contributed by atoms with van der Waals surface area (Å²) in [5, 5.41) is 0. The van der Waals surface area contributed by atoms with Crippen molar-refractivity contribution >= 4 is 11.7 Å². The molecule has 1 amide bonds. The van der Waals surface area contributed by atoms with Crippen LogP contribution in [0.25, 0.3) is 0 Å². The lowest BCUT2D eigenvalue weighted by molar-refractivity contribution is 0.0624. The molecule has 2 aromatic rings. The zero-order valence-corrected chi connectivity index (χ0v) is 15.8. The van der Waals surface area contributed by atoms with E-state index in [1.54, 1.807) is 0 Å². The molecule has 4 nitrogen and oxygen atoms in total. The van der Waals surface area contributed by atoms with E-state index in [1.807, 2.05) is 68.1 Å². The Morgan fingerprint density at radius 3 is 2.23 bits per heavy atom. The second-order valence-corrected chi connectivity index (χ2v) is 7.18. The van der Waals surface area contributed by atoms with E-state index < -0.39 is 0 Å². The summed E-state index contributed by atoms with van der Waals surface area (Å²) in [7, 11) is 0. The Kier molecular flexibility index (Phi) is 5.52. The second-order valence-electron chi connectivity index (χ2n) is 7.18. The first-order valence-electron chi connectivity index (χ1n) is 9.13. The summed E-state index contributed by atoms with van der Waals surface area (Å²) in [6.07, 6.45) is 0. The molecule has 1 heterocycles. The number of amides is 1. The summed E-state index contributed by atoms with van der Waals surface area (Å²) in [5.41, 5.74) is 4.83. The molecule has 0 radical (unpaired) electrons. The third kappa shape index (κ3) is 4.20. The van der Waals surface area contributed by atoms with Crippen molar-refractivity contribution in [2.24, 2.45) is 0 Å². The van der Waals surface area contributed by atoms with Crippen LogP contribution in [0.15, 0.2) is 42.5 Å². The maximum atomic E-state index is 12.6. The first kappa shape index (κ1) is 18.3. The third-order valence-corrected chi connectivity index (χ3v) is 4.97. The molecule has 26 heavy (non-hydrogen) atoms. The van der Waals surface area contributed by atoms with Gasteiger partial charge < -0.3 is 4.90 Å². The summed E-state index contributed by atoms with van der Waals surface area (Å²) >= 11 is 0. The van der Waals surface area contributed by atoms with Crippen LogP contribution >= 0.6 is 0 Å². The summed E-state index contributed by atoms with van der Waals surface area (Å²) in [5.74, 6) is 0.231. The minimum absolute atomic E-state index is 0.0778. The van der Waals surface area contributed by atoms with Crippen LogP contribution in [0, 0.1) is 20.8 Å². The minimum Gasteiger partial charge on any atom is -0.336 e. The van der Waals surface area contributed by atoms with Gasteiger partial charge in [-0.3, -0.25) is 14.5 Å². The van der Waals surface area contributed by atoms with E-state index in [9.17, 15) is 9.59 Å². The van der Waals surface area contributed by atoms with Gasteiger partial charge in [-0.05, 0) is 38.5 Å². The number of piperazine rings is 1. The molecule has 2 aromatic carbocycles. The van der Waals surface area contributed by atoms with Crippen molar-refractivity contribution in [3.05, 3.63) is 70.3 Å². The van der Waals surface area contributed by atoms with Crippen molar-refractivity contribution in [3.63, 3.8) is 0 Å². The molecule has 0 aromatic heterocycles. The molecule has 1 fully saturated rings. The van der Waals surface area contributed by atoms with E-state index in [0.717, 1.165) is 35.3 Å². The van der Waals surface area contributed by atoms with Crippen LogP contribution in [0.1, 0.15) is 37.4 Å². The normalized spacial score (nSPS) is 15.1. The number of hydrogen-bond donors (Lipinski definition) is 0. The van der Waals surface area contributed by atoms with Crippen molar-refractivity contribution in [2.45, 2.75) is 20.8 Å². The molecule has 0 aliphatic carbocycles. The lowest BCUT2D eigenvalue weighted by Gasteiger charge is -2.34. The molecule has 1 aliphatic rings. The first-order chi connectivity index (χ1) is 12.4. The van der Waals surface area contributed by atoms with Crippen LogP contribution in [-0.4, -0.2) is 54.2 Å². The van der Waals surface area contributed by atoms with Gasteiger partial charge in [0.1, 0.15) is 0 Å². The highest BCUT2D eigenvalue weighted by molar-refractivity contribution is 5.99. The van der Waals surface area contributed by atoms with E-state index in [0.29, 0.717) is 19.6 Å².